The molecular weight excluding hydrogens is 343 g/mol. The number of aromatic nitrogens is 2. The van der Waals surface area contributed by atoms with Gasteiger partial charge in [-0.15, -0.1) is 0 Å². The highest BCUT2D eigenvalue weighted by atomic mass is 19.1. The third-order valence-corrected chi connectivity index (χ3v) is 5.82. The summed E-state index contributed by atoms with van der Waals surface area (Å²) >= 11 is 0. The highest BCUT2D eigenvalue weighted by Gasteiger charge is 2.32. The number of carbonyl (C=O) groups excluding carboxylic acids is 1. The molecule has 0 bridgehead atoms. The molecule has 1 atom stereocenters. The summed E-state index contributed by atoms with van der Waals surface area (Å²) in [7, 11) is 0. The van der Waals surface area contributed by atoms with E-state index in [0.29, 0.717) is 12.5 Å². The molecule has 2 fully saturated rings. The molecule has 2 heterocycles. The Labute approximate surface area is 158 Å². The van der Waals surface area contributed by atoms with Gasteiger partial charge in [0.15, 0.2) is 0 Å². The highest BCUT2D eigenvalue weighted by Crippen LogP contribution is 2.35. The van der Waals surface area contributed by atoms with Crippen molar-refractivity contribution < 1.29 is 9.18 Å². The fourth-order valence-electron chi connectivity index (χ4n) is 4.40. The second kappa shape index (κ2) is 7.62. The van der Waals surface area contributed by atoms with Gasteiger partial charge in [-0.2, -0.15) is 0 Å². The van der Waals surface area contributed by atoms with Crippen LogP contribution in [0, 0.1) is 11.7 Å². The first kappa shape index (κ1) is 17.9. The lowest BCUT2D eigenvalue weighted by atomic mass is 9.89. The summed E-state index contributed by atoms with van der Waals surface area (Å²) in [6.45, 7) is 1.48. The van der Waals surface area contributed by atoms with E-state index >= 15 is 0 Å². The number of carbonyl (C=O) groups is 1. The van der Waals surface area contributed by atoms with Crippen molar-refractivity contribution in [3.8, 4) is 11.1 Å². The number of rotatable bonds is 3. The van der Waals surface area contributed by atoms with Crippen molar-refractivity contribution in [3.63, 3.8) is 0 Å². The van der Waals surface area contributed by atoms with E-state index in [1.165, 1.54) is 12.1 Å². The Balaban J connectivity index is 1.61. The average molecular weight is 368 g/mol. The Bertz CT molecular complexity index is 817. The van der Waals surface area contributed by atoms with Crippen molar-refractivity contribution in [2.45, 2.75) is 44.4 Å². The van der Waals surface area contributed by atoms with E-state index in [9.17, 15) is 9.18 Å². The molecule has 1 aliphatic carbocycles. The van der Waals surface area contributed by atoms with E-state index in [2.05, 4.69) is 9.97 Å². The topological polar surface area (TPSA) is 72.1 Å². The monoisotopic (exact) mass is 368 g/mol. The second-order valence-corrected chi connectivity index (χ2v) is 7.64. The van der Waals surface area contributed by atoms with Gasteiger partial charge in [0.2, 0.25) is 11.9 Å². The first-order valence-corrected chi connectivity index (χ1v) is 9.79. The van der Waals surface area contributed by atoms with E-state index < -0.39 is 0 Å². The maximum atomic E-state index is 13.3. The van der Waals surface area contributed by atoms with Gasteiger partial charge < -0.3 is 10.6 Å². The molecule has 1 saturated carbocycles. The van der Waals surface area contributed by atoms with Crippen LogP contribution >= 0.6 is 0 Å². The highest BCUT2D eigenvalue weighted by molar-refractivity contribution is 5.79. The van der Waals surface area contributed by atoms with Gasteiger partial charge in [0.1, 0.15) is 5.82 Å². The average Bonchev–Trinajstić information content (AvgIpc) is 3.23. The van der Waals surface area contributed by atoms with Crippen LogP contribution in [0.2, 0.25) is 0 Å². The number of likely N-dealkylation sites (tertiary alicyclic amines) is 1. The smallest absolute Gasteiger partial charge is 0.225 e. The Hall–Kier alpha value is -2.50. The van der Waals surface area contributed by atoms with Gasteiger partial charge >= 0.3 is 0 Å². The standard InChI is InChI=1S/C21H25FN4O/c22-17-9-7-14(8-10-17)18-12-24-21(23)25-19(18)16-6-3-11-26(13-16)20(27)15-4-1-2-5-15/h7-10,12,15-16H,1-6,11,13H2,(H2,23,24,25). The van der Waals surface area contributed by atoms with Crippen molar-refractivity contribution in [2.75, 3.05) is 18.8 Å². The lowest BCUT2D eigenvalue weighted by molar-refractivity contribution is -0.136. The molecular formula is C21H25FN4O. The molecule has 0 radical (unpaired) electrons. The van der Waals surface area contributed by atoms with Crippen LogP contribution in [0.15, 0.2) is 30.5 Å². The van der Waals surface area contributed by atoms with Crippen LogP contribution in [0.1, 0.15) is 50.1 Å². The molecule has 1 aliphatic heterocycles. The van der Waals surface area contributed by atoms with E-state index in [1.54, 1.807) is 18.3 Å². The number of hydrogen-bond donors (Lipinski definition) is 1. The third kappa shape index (κ3) is 3.80. The number of nitrogens with two attached hydrogens (primary N) is 1. The minimum absolute atomic E-state index is 0.120. The number of nitrogens with zero attached hydrogens (tertiary/aromatic N) is 3. The zero-order valence-electron chi connectivity index (χ0n) is 15.4. The number of halogens is 1. The Morgan fingerprint density at radius 1 is 1.11 bits per heavy atom. The van der Waals surface area contributed by atoms with Gasteiger partial charge in [0.25, 0.3) is 0 Å². The number of piperidine rings is 1. The Morgan fingerprint density at radius 3 is 2.59 bits per heavy atom. The van der Waals surface area contributed by atoms with E-state index in [-0.39, 0.29) is 23.6 Å². The van der Waals surface area contributed by atoms with Crippen LogP contribution in [0.5, 0.6) is 0 Å². The molecule has 5 nitrogen and oxygen atoms in total. The minimum Gasteiger partial charge on any atom is -0.368 e. The zero-order chi connectivity index (χ0) is 18.8. The maximum Gasteiger partial charge on any atom is 0.225 e. The predicted molar refractivity (Wildman–Crippen MR) is 102 cm³/mol. The number of hydrogen-bond acceptors (Lipinski definition) is 4. The van der Waals surface area contributed by atoms with Crippen LogP contribution in [-0.2, 0) is 4.79 Å². The molecule has 4 rings (SSSR count). The molecule has 2 aromatic rings. The summed E-state index contributed by atoms with van der Waals surface area (Å²) in [4.78, 5) is 23.5. The summed E-state index contributed by atoms with van der Waals surface area (Å²) in [6, 6.07) is 6.34. The molecule has 1 amide bonds. The lowest BCUT2D eigenvalue weighted by Crippen LogP contribution is -2.42. The van der Waals surface area contributed by atoms with Crippen molar-refractivity contribution >= 4 is 11.9 Å². The quantitative estimate of drug-likeness (QED) is 0.895. The third-order valence-electron chi connectivity index (χ3n) is 5.82. The largest absolute Gasteiger partial charge is 0.368 e. The number of anilines is 1. The van der Waals surface area contributed by atoms with Crippen molar-refractivity contribution in [3.05, 3.63) is 42.0 Å². The summed E-state index contributed by atoms with van der Waals surface area (Å²) < 4.78 is 13.3. The van der Waals surface area contributed by atoms with Crippen LogP contribution in [0.25, 0.3) is 11.1 Å². The molecule has 2 aliphatic rings. The summed E-state index contributed by atoms with van der Waals surface area (Å²) in [6.07, 6.45) is 7.97. The van der Waals surface area contributed by atoms with Gasteiger partial charge in [0, 0.05) is 36.7 Å². The maximum absolute atomic E-state index is 13.3. The van der Waals surface area contributed by atoms with Crippen LogP contribution in [0.3, 0.4) is 0 Å². The molecule has 1 saturated heterocycles. The lowest BCUT2D eigenvalue weighted by Gasteiger charge is -2.34. The molecule has 2 N–H and O–H groups in total. The summed E-state index contributed by atoms with van der Waals surface area (Å²) in [5, 5.41) is 0. The first-order valence-electron chi connectivity index (χ1n) is 9.79. The Morgan fingerprint density at radius 2 is 1.85 bits per heavy atom. The van der Waals surface area contributed by atoms with Gasteiger partial charge in [-0.3, -0.25) is 4.79 Å². The molecule has 1 aromatic carbocycles. The van der Waals surface area contributed by atoms with Gasteiger partial charge in [-0.1, -0.05) is 25.0 Å². The van der Waals surface area contributed by atoms with Crippen molar-refractivity contribution in [2.24, 2.45) is 5.92 Å². The second-order valence-electron chi connectivity index (χ2n) is 7.64. The van der Waals surface area contributed by atoms with Crippen molar-refractivity contribution in [1.82, 2.24) is 14.9 Å². The number of benzene rings is 1. The molecule has 1 unspecified atom stereocenters. The fraction of sp³-hybridized carbons (Fsp3) is 0.476. The van der Waals surface area contributed by atoms with Crippen LogP contribution < -0.4 is 5.73 Å². The van der Waals surface area contributed by atoms with E-state index in [1.807, 2.05) is 4.90 Å². The first-order chi connectivity index (χ1) is 13.1. The van der Waals surface area contributed by atoms with Crippen LogP contribution in [0.4, 0.5) is 10.3 Å². The van der Waals surface area contributed by atoms with Gasteiger partial charge in [-0.25, -0.2) is 14.4 Å². The normalized spacial score (nSPS) is 20.8. The zero-order valence-corrected chi connectivity index (χ0v) is 15.4. The molecule has 27 heavy (non-hydrogen) atoms. The summed E-state index contributed by atoms with van der Waals surface area (Å²) in [5.41, 5.74) is 8.46. The number of nitrogen functional groups attached to an aromatic ring is 1. The molecule has 0 spiro atoms. The molecule has 1 aromatic heterocycles. The SMILES string of the molecule is Nc1ncc(-c2ccc(F)cc2)c(C2CCCN(C(=O)C3CCCC3)C2)n1. The fourth-order valence-corrected chi connectivity index (χ4v) is 4.40. The molecule has 6 heteroatoms. The number of amides is 1. The minimum atomic E-state index is -0.275. The van der Waals surface area contributed by atoms with Crippen LogP contribution in [-0.4, -0.2) is 33.9 Å². The van der Waals surface area contributed by atoms with Crippen molar-refractivity contribution in [1.29, 1.82) is 0 Å². The predicted octanol–water partition coefficient (Wildman–Crippen LogP) is 3.76. The Kier molecular flexibility index (Phi) is 5.05. The van der Waals surface area contributed by atoms with Gasteiger partial charge in [-0.05, 0) is 43.4 Å². The van der Waals surface area contributed by atoms with E-state index in [0.717, 1.165) is 61.9 Å². The summed E-state index contributed by atoms with van der Waals surface area (Å²) in [5.74, 6) is 0.561. The molecule has 142 valence electrons. The van der Waals surface area contributed by atoms with Gasteiger partial charge in [0.05, 0.1) is 5.69 Å². The van der Waals surface area contributed by atoms with E-state index in [4.69, 9.17) is 5.73 Å².